The highest BCUT2D eigenvalue weighted by atomic mass is 16.2. The standard InChI is InChI=1S/C22H26N6O3/c1-5-28-7-6-17-19(22(28)31)16(11-27(17)4)25-15-9-18(24-10-14(15)20(29)23-3)26-21(30)13-8-12(13)2/h6-7,9-13H,5,8H2,1-4H3,(H,23,29)(H2,24,25,26,30)/t12-,13?/m1/s1/i3D3. The van der Waals surface area contributed by atoms with Gasteiger partial charge in [-0.05, 0) is 25.3 Å². The number of fused-ring (bicyclic) bond motifs is 1. The van der Waals surface area contributed by atoms with E-state index >= 15 is 0 Å². The first kappa shape index (κ1) is 17.1. The fraction of sp³-hybridized carbons (Fsp3) is 0.364. The van der Waals surface area contributed by atoms with E-state index in [0.29, 0.717) is 29.1 Å². The predicted molar refractivity (Wildman–Crippen MR) is 120 cm³/mol. The smallest absolute Gasteiger partial charge is 0.262 e. The van der Waals surface area contributed by atoms with Gasteiger partial charge in [0.05, 0.1) is 27.8 Å². The summed E-state index contributed by atoms with van der Waals surface area (Å²) in [4.78, 5) is 42.2. The van der Waals surface area contributed by atoms with Crippen molar-refractivity contribution in [1.29, 1.82) is 0 Å². The van der Waals surface area contributed by atoms with E-state index in [2.05, 4.69) is 15.6 Å². The van der Waals surface area contributed by atoms with Gasteiger partial charge < -0.3 is 25.1 Å². The highest BCUT2D eigenvalue weighted by Gasteiger charge is 2.39. The number of rotatable bonds is 6. The third-order valence-corrected chi connectivity index (χ3v) is 5.68. The fourth-order valence-electron chi connectivity index (χ4n) is 3.71. The lowest BCUT2D eigenvalue weighted by Crippen LogP contribution is -2.21. The van der Waals surface area contributed by atoms with E-state index in [1.807, 2.05) is 25.2 Å². The first-order valence-electron chi connectivity index (χ1n) is 11.6. The second-order valence-electron chi connectivity index (χ2n) is 7.82. The second-order valence-corrected chi connectivity index (χ2v) is 7.82. The Morgan fingerprint density at radius 1 is 1.35 bits per heavy atom. The number of nitrogens with zero attached hydrogens (tertiary/aromatic N) is 3. The van der Waals surface area contributed by atoms with Gasteiger partial charge in [-0.2, -0.15) is 0 Å². The lowest BCUT2D eigenvalue weighted by atomic mass is 10.2. The van der Waals surface area contributed by atoms with Gasteiger partial charge >= 0.3 is 0 Å². The summed E-state index contributed by atoms with van der Waals surface area (Å²) in [6.07, 6.45) is 5.42. The molecule has 3 aromatic rings. The highest BCUT2D eigenvalue weighted by Crippen LogP contribution is 2.38. The van der Waals surface area contributed by atoms with Gasteiger partial charge in [-0.1, -0.05) is 6.92 Å². The molecule has 0 spiro atoms. The maximum absolute atomic E-state index is 13.0. The van der Waals surface area contributed by atoms with Crippen molar-refractivity contribution >= 4 is 39.9 Å². The summed E-state index contributed by atoms with van der Waals surface area (Å²) in [5.74, 6) is -0.597. The van der Waals surface area contributed by atoms with Gasteiger partial charge in [0.15, 0.2) is 0 Å². The van der Waals surface area contributed by atoms with Crippen LogP contribution in [-0.4, -0.2) is 32.9 Å². The summed E-state index contributed by atoms with van der Waals surface area (Å²) in [6, 6.07) is 3.28. The summed E-state index contributed by atoms with van der Waals surface area (Å²) in [5, 5.41) is 8.21. The van der Waals surface area contributed by atoms with Crippen LogP contribution in [0.2, 0.25) is 0 Å². The van der Waals surface area contributed by atoms with Crippen molar-refractivity contribution in [2.24, 2.45) is 18.9 Å². The minimum absolute atomic E-state index is 0.0438. The predicted octanol–water partition coefficient (Wildman–Crippen LogP) is 2.45. The molecule has 3 aromatic heterocycles. The van der Waals surface area contributed by atoms with Crippen LogP contribution in [-0.2, 0) is 18.4 Å². The zero-order valence-electron chi connectivity index (χ0n) is 20.5. The molecule has 2 amide bonds. The summed E-state index contributed by atoms with van der Waals surface area (Å²) in [7, 11) is 1.79. The molecule has 162 valence electrons. The van der Waals surface area contributed by atoms with E-state index in [4.69, 9.17) is 4.11 Å². The Morgan fingerprint density at radius 2 is 2.13 bits per heavy atom. The highest BCUT2D eigenvalue weighted by molar-refractivity contribution is 6.03. The Kier molecular flexibility index (Phi) is 4.36. The van der Waals surface area contributed by atoms with Crippen LogP contribution in [0.15, 0.2) is 35.5 Å². The summed E-state index contributed by atoms with van der Waals surface area (Å²) in [6.45, 7) is 1.63. The van der Waals surface area contributed by atoms with Gasteiger partial charge in [-0.15, -0.1) is 0 Å². The average Bonchev–Trinajstić information content (AvgIpc) is 3.40. The molecule has 0 aliphatic heterocycles. The first-order valence-corrected chi connectivity index (χ1v) is 10.1. The van der Waals surface area contributed by atoms with Crippen molar-refractivity contribution in [2.45, 2.75) is 26.8 Å². The maximum Gasteiger partial charge on any atom is 0.262 e. The SMILES string of the molecule is [2H]C([2H])([2H])NC(=O)c1cnc(NC(=O)C2C[C@H]2C)cc1Nc1cn(C)c2ccn(CC)c(=O)c12. The quantitative estimate of drug-likeness (QED) is 0.562. The van der Waals surface area contributed by atoms with Crippen LogP contribution in [0.4, 0.5) is 17.2 Å². The lowest BCUT2D eigenvalue weighted by molar-refractivity contribution is -0.117. The van der Waals surface area contributed by atoms with Crippen molar-refractivity contribution in [3.05, 3.63) is 46.6 Å². The number of hydrogen-bond acceptors (Lipinski definition) is 5. The molecule has 4 rings (SSSR count). The molecule has 0 bridgehead atoms. The number of aryl methyl sites for hydroxylation is 2. The van der Waals surface area contributed by atoms with Crippen LogP contribution < -0.4 is 21.5 Å². The molecule has 1 saturated carbocycles. The van der Waals surface area contributed by atoms with Gasteiger partial charge in [0, 0.05) is 55.3 Å². The topological polar surface area (TPSA) is 110 Å². The Hall–Kier alpha value is -3.62. The minimum atomic E-state index is -2.70. The van der Waals surface area contributed by atoms with Crippen LogP contribution in [0.5, 0.6) is 0 Å². The number of nitrogens with one attached hydrogen (secondary N) is 3. The third kappa shape index (κ3) is 3.78. The normalized spacial score (nSPS) is 19.3. The maximum atomic E-state index is 13.0. The van der Waals surface area contributed by atoms with Crippen LogP contribution in [0.1, 0.15) is 34.7 Å². The van der Waals surface area contributed by atoms with E-state index in [9.17, 15) is 14.4 Å². The average molecular weight is 426 g/mol. The molecule has 0 saturated heterocycles. The van der Waals surface area contributed by atoms with E-state index < -0.39 is 12.9 Å². The molecule has 3 N–H and O–H groups in total. The molecule has 9 heteroatoms. The Morgan fingerprint density at radius 3 is 2.81 bits per heavy atom. The van der Waals surface area contributed by atoms with Crippen molar-refractivity contribution in [3.8, 4) is 0 Å². The van der Waals surface area contributed by atoms with Gasteiger partial charge in [0.1, 0.15) is 5.82 Å². The van der Waals surface area contributed by atoms with Crippen LogP contribution >= 0.6 is 0 Å². The van der Waals surface area contributed by atoms with E-state index in [0.717, 1.165) is 6.42 Å². The van der Waals surface area contributed by atoms with Gasteiger partial charge in [0.25, 0.3) is 11.5 Å². The van der Waals surface area contributed by atoms with E-state index in [-0.39, 0.29) is 34.5 Å². The number of hydrogen-bond donors (Lipinski definition) is 3. The van der Waals surface area contributed by atoms with Gasteiger partial charge in [-0.3, -0.25) is 14.4 Å². The summed E-state index contributed by atoms with van der Waals surface area (Å²) >= 11 is 0. The Balaban J connectivity index is 1.76. The molecule has 1 unspecified atom stereocenters. The molecule has 1 fully saturated rings. The summed E-state index contributed by atoms with van der Waals surface area (Å²) in [5.41, 5.74) is 1.08. The molecule has 1 aliphatic carbocycles. The molecule has 9 nitrogen and oxygen atoms in total. The fourth-order valence-corrected chi connectivity index (χ4v) is 3.71. The number of aromatic nitrogens is 3. The number of anilines is 3. The van der Waals surface area contributed by atoms with Gasteiger partial charge in [-0.25, -0.2) is 4.98 Å². The molecule has 0 aromatic carbocycles. The Bertz CT molecular complexity index is 1340. The van der Waals surface area contributed by atoms with Crippen LogP contribution in [0, 0.1) is 11.8 Å². The molecule has 31 heavy (non-hydrogen) atoms. The molecule has 0 radical (unpaired) electrons. The zero-order chi connectivity index (χ0) is 24.8. The van der Waals surface area contributed by atoms with Crippen molar-refractivity contribution < 1.29 is 13.7 Å². The Labute approximate surface area is 183 Å². The number of amides is 2. The first-order chi connectivity index (χ1) is 16.0. The number of carbonyl (C=O) groups excluding carboxylic acids is 2. The van der Waals surface area contributed by atoms with E-state index in [1.54, 1.807) is 28.6 Å². The number of pyridine rings is 2. The largest absolute Gasteiger partial charge is 0.355 e. The third-order valence-electron chi connectivity index (χ3n) is 5.68. The minimum Gasteiger partial charge on any atom is -0.355 e. The zero-order valence-corrected chi connectivity index (χ0v) is 17.5. The molecular formula is C22H26N6O3. The second kappa shape index (κ2) is 7.90. The van der Waals surface area contributed by atoms with Crippen LogP contribution in [0.3, 0.4) is 0 Å². The monoisotopic (exact) mass is 425 g/mol. The lowest BCUT2D eigenvalue weighted by Gasteiger charge is -2.13. The molecule has 1 aliphatic rings. The molecular weight excluding hydrogens is 396 g/mol. The summed E-state index contributed by atoms with van der Waals surface area (Å²) < 4.78 is 25.4. The molecule has 3 heterocycles. The van der Waals surface area contributed by atoms with Crippen LogP contribution in [0.25, 0.3) is 10.9 Å². The van der Waals surface area contributed by atoms with E-state index in [1.165, 1.54) is 12.3 Å². The van der Waals surface area contributed by atoms with Crippen molar-refractivity contribution in [2.75, 3.05) is 17.6 Å². The molecule has 2 atom stereocenters. The van der Waals surface area contributed by atoms with Gasteiger partial charge in [0.2, 0.25) is 5.91 Å². The van der Waals surface area contributed by atoms with Crippen molar-refractivity contribution in [3.63, 3.8) is 0 Å². The van der Waals surface area contributed by atoms with Crippen molar-refractivity contribution in [1.82, 2.24) is 19.4 Å². The number of carbonyl (C=O) groups is 2.